The smallest absolute Gasteiger partial charge is 0.243 e. The van der Waals surface area contributed by atoms with Gasteiger partial charge in [0.05, 0.1) is 10.9 Å². The molecule has 0 saturated carbocycles. The average Bonchev–Trinajstić information content (AvgIpc) is 2.26. The molecule has 1 aliphatic heterocycles. The van der Waals surface area contributed by atoms with Crippen LogP contribution in [0.3, 0.4) is 0 Å². The molecule has 1 heterocycles. The second-order valence-corrected chi connectivity index (χ2v) is 7.19. The zero-order valence-electron chi connectivity index (χ0n) is 10.3. The van der Waals surface area contributed by atoms with Crippen molar-refractivity contribution in [3.05, 3.63) is 28.7 Å². The molecule has 0 amide bonds. The third kappa shape index (κ3) is 2.77. The number of halogens is 1. The lowest BCUT2D eigenvalue weighted by molar-refractivity contribution is 0.242. The minimum absolute atomic E-state index is 0.0916. The molecule has 0 radical (unpaired) electrons. The Balaban J connectivity index is 2.32. The van der Waals surface area contributed by atoms with Gasteiger partial charge in [0, 0.05) is 24.1 Å². The van der Waals surface area contributed by atoms with Gasteiger partial charge in [0.1, 0.15) is 0 Å². The van der Waals surface area contributed by atoms with Crippen molar-refractivity contribution in [3.63, 3.8) is 0 Å². The lowest BCUT2D eigenvalue weighted by Gasteiger charge is -2.37. The maximum absolute atomic E-state index is 12.6. The van der Waals surface area contributed by atoms with Crippen LogP contribution in [0.2, 0.25) is 0 Å². The molecule has 2 rings (SSSR count). The standard InChI is InChI=1S/C12H17BrN2O2S/c1-2-6-15(11-8-14-9-11)18(16,17)12-5-3-4-10(13)7-12/h3-5,7,11,14H,2,6,8-9H2,1H3. The fourth-order valence-electron chi connectivity index (χ4n) is 1.96. The summed E-state index contributed by atoms with van der Waals surface area (Å²) >= 11 is 3.32. The Morgan fingerprint density at radius 1 is 1.44 bits per heavy atom. The number of hydrogen-bond donors (Lipinski definition) is 1. The Kier molecular flexibility index (Phi) is 4.42. The molecule has 6 heteroatoms. The fraction of sp³-hybridized carbons (Fsp3) is 0.500. The summed E-state index contributed by atoms with van der Waals surface area (Å²) in [6.07, 6.45) is 0.823. The maximum Gasteiger partial charge on any atom is 0.243 e. The van der Waals surface area contributed by atoms with Crippen LogP contribution in [0.4, 0.5) is 0 Å². The molecule has 1 aromatic carbocycles. The van der Waals surface area contributed by atoms with Crippen molar-refractivity contribution in [1.29, 1.82) is 0 Å². The maximum atomic E-state index is 12.6. The van der Waals surface area contributed by atoms with Crippen molar-refractivity contribution in [2.45, 2.75) is 24.3 Å². The summed E-state index contributed by atoms with van der Waals surface area (Å²) in [5, 5.41) is 3.12. The highest BCUT2D eigenvalue weighted by atomic mass is 79.9. The van der Waals surface area contributed by atoms with Crippen LogP contribution in [0.25, 0.3) is 0 Å². The van der Waals surface area contributed by atoms with Gasteiger partial charge in [-0.3, -0.25) is 0 Å². The van der Waals surface area contributed by atoms with Crippen LogP contribution in [0.5, 0.6) is 0 Å². The third-order valence-electron chi connectivity index (χ3n) is 3.01. The Morgan fingerprint density at radius 3 is 2.67 bits per heavy atom. The molecule has 0 aromatic heterocycles. The van der Waals surface area contributed by atoms with Gasteiger partial charge in [0.2, 0.25) is 10.0 Å². The molecule has 0 spiro atoms. The summed E-state index contributed by atoms with van der Waals surface area (Å²) in [5.41, 5.74) is 0. The topological polar surface area (TPSA) is 49.4 Å². The number of sulfonamides is 1. The molecule has 100 valence electrons. The van der Waals surface area contributed by atoms with Gasteiger partial charge in [-0.15, -0.1) is 0 Å². The molecule has 1 N–H and O–H groups in total. The molecule has 4 nitrogen and oxygen atoms in total. The zero-order valence-corrected chi connectivity index (χ0v) is 12.7. The van der Waals surface area contributed by atoms with Crippen LogP contribution in [0.15, 0.2) is 33.6 Å². The summed E-state index contributed by atoms with van der Waals surface area (Å²) < 4.78 is 27.6. The summed E-state index contributed by atoms with van der Waals surface area (Å²) in [6.45, 7) is 4.05. The lowest BCUT2D eigenvalue weighted by atomic mass is 10.2. The van der Waals surface area contributed by atoms with Gasteiger partial charge in [-0.1, -0.05) is 28.9 Å². The van der Waals surface area contributed by atoms with E-state index in [1.54, 1.807) is 22.5 Å². The second kappa shape index (κ2) is 5.69. The van der Waals surface area contributed by atoms with Crippen LogP contribution >= 0.6 is 15.9 Å². The largest absolute Gasteiger partial charge is 0.313 e. The van der Waals surface area contributed by atoms with E-state index < -0.39 is 10.0 Å². The van der Waals surface area contributed by atoms with Gasteiger partial charge in [-0.05, 0) is 24.6 Å². The van der Waals surface area contributed by atoms with E-state index in [1.807, 2.05) is 13.0 Å². The predicted octanol–water partition coefficient (Wildman–Crippen LogP) is 1.82. The number of rotatable bonds is 5. The summed E-state index contributed by atoms with van der Waals surface area (Å²) in [7, 11) is -3.38. The average molecular weight is 333 g/mol. The molecule has 0 bridgehead atoms. The van der Waals surface area contributed by atoms with E-state index in [2.05, 4.69) is 21.2 Å². The van der Waals surface area contributed by atoms with Gasteiger partial charge in [0.25, 0.3) is 0 Å². The first-order valence-corrected chi connectivity index (χ1v) is 8.27. The number of hydrogen-bond acceptors (Lipinski definition) is 3. The third-order valence-corrected chi connectivity index (χ3v) is 5.45. The van der Waals surface area contributed by atoms with E-state index in [9.17, 15) is 8.42 Å². The van der Waals surface area contributed by atoms with Crippen molar-refractivity contribution < 1.29 is 8.42 Å². The van der Waals surface area contributed by atoms with Crippen molar-refractivity contribution in [1.82, 2.24) is 9.62 Å². The Bertz CT molecular complexity index is 515. The SMILES string of the molecule is CCCN(C1CNC1)S(=O)(=O)c1cccc(Br)c1. The molecular weight excluding hydrogens is 316 g/mol. The minimum atomic E-state index is -3.38. The molecule has 18 heavy (non-hydrogen) atoms. The Morgan fingerprint density at radius 2 is 2.17 bits per heavy atom. The van der Waals surface area contributed by atoms with Gasteiger partial charge in [-0.2, -0.15) is 4.31 Å². The lowest BCUT2D eigenvalue weighted by Crippen LogP contribution is -2.58. The van der Waals surface area contributed by atoms with Gasteiger partial charge >= 0.3 is 0 Å². The second-order valence-electron chi connectivity index (χ2n) is 4.39. The van der Waals surface area contributed by atoms with Crippen molar-refractivity contribution in [2.75, 3.05) is 19.6 Å². The van der Waals surface area contributed by atoms with Crippen molar-refractivity contribution in [3.8, 4) is 0 Å². The van der Waals surface area contributed by atoms with Crippen LogP contribution < -0.4 is 5.32 Å². The van der Waals surface area contributed by atoms with E-state index in [0.717, 1.165) is 24.0 Å². The number of benzene rings is 1. The normalized spacial score (nSPS) is 16.8. The van der Waals surface area contributed by atoms with Crippen molar-refractivity contribution >= 4 is 26.0 Å². The van der Waals surface area contributed by atoms with Crippen LogP contribution in [0, 0.1) is 0 Å². The molecule has 1 fully saturated rings. The molecule has 1 aromatic rings. The predicted molar refractivity (Wildman–Crippen MR) is 75.0 cm³/mol. The van der Waals surface area contributed by atoms with E-state index in [4.69, 9.17) is 0 Å². The zero-order chi connectivity index (χ0) is 13.2. The highest BCUT2D eigenvalue weighted by Gasteiger charge is 2.34. The van der Waals surface area contributed by atoms with Gasteiger partial charge in [0.15, 0.2) is 0 Å². The first-order chi connectivity index (χ1) is 8.55. The molecule has 0 unspecified atom stereocenters. The summed E-state index contributed by atoms with van der Waals surface area (Å²) in [4.78, 5) is 0.359. The van der Waals surface area contributed by atoms with Crippen LogP contribution in [-0.2, 0) is 10.0 Å². The molecule has 1 aliphatic rings. The first-order valence-electron chi connectivity index (χ1n) is 6.04. The van der Waals surface area contributed by atoms with Crippen LogP contribution in [-0.4, -0.2) is 38.4 Å². The van der Waals surface area contributed by atoms with E-state index in [-0.39, 0.29) is 6.04 Å². The van der Waals surface area contributed by atoms with E-state index in [1.165, 1.54) is 0 Å². The minimum Gasteiger partial charge on any atom is -0.313 e. The van der Waals surface area contributed by atoms with Gasteiger partial charge < -0.3 is 5.32 Å². The Labute approximate surface area is 117 Å². The highest BCUT2D eigenvalue weighted by Crippen LogP contribution is 2.23. The first kappa shape index (κ1) is 14.0. The molecule has 0 aliphatic carbocycles. The fourth-order valence-corrected chi connectivity index (χ4v) is 4.27. The van der Waals surface area contributed by atoms with Crippen LogP contribution in [0.1, 0.15) is 13.3 Å². The van der Waals surface area contributed by atoms with Gasteiger partial charge in [-0.25, -0.2) is 8.42 Å². The molecule has 1 saturated heterocycles. The number of nitrogens with zero attached hydrogens (tertiary/aromatic N) is 1. The van der Waals surface area contributed by atoms with E-state index >= 15 is 0 Å². The molecular formula is C12H17BrN2O2S. The summed E-state index contributed by atoms with van der Waals surface area (Å²) in [6, 6.07) is 6.97. The quantitative estimate of drug-likeness (QED) is 0.894. The number of nitrogens with one attached hydrogen (secondary N) is 1. The highest BCUT2D eigenvalue weighted by molar-refractivity contribution is 9.10. The monoisotopic (exact) mass is 332 g/mol. The summed E-state index contributed by atoms with van der Waals surface area (Å²) in [5.74, 6) is 0. The Hall–Kier alpha value is -0.430. The molecule has 0 atom stereocenters. The van der Waals surface area contributed by atoms with E-state index in [0.29, 0.717) is 11.4 Å². The van der Waals surface area contributed by atoms with Crippen molar-refractivity contribution in [2.24, 2.45) is 0 Å².